The van der Waals surface area contributed by atoms with E-state index in [0.29, 0.717) is 11.4 Å². The van der Waals surface area contributed by atoms with Crippen molar-refractivity contribution in [2.45, 2.75) is 39.3 Å². The number of benzene rings is 1. The van der Waals surface area contributed by atoms with Crippen LogP contribution in [0.25, 0.3) is 0 Å². The molecule has 0 saturated heterocycles. The van der Waals surface area contributed by atoms with Gasteiger partial charge in [0.25, 0.3) is 0 Å². The van der Waals surface area contributed by atoms with Gasteiger partial charge in [0, 0.05) is 5.69 Å². The van der Waals surface area contributed by atoms with Crippen molar-refractivity contribution >= 4 is 5.69 Å². The Labute approximate surface area is 105 Å². The van der Waals surface area contributed by atoms with Gasteiger partial charge in [-0.3, -0.25) is 0 Å². The number of aryl methyl sites for hydroxylation is 1. The summed E-state index contributed by atoms with van der Waals surface area (Å²) in [5.74, 6) is 0.634. The van der Waals surface area contributed by atoms with E-state index in [1.54, 1.807) is 19.1 Å². The highest BCUT2D eigenvalue weighted by Crippen LogP contribution is 2.31. The Balaban J connectivity index is 2.84. The average molecular weight is 261 g/mol. The molecule has 0 aliphatic rings. The molecule has 0 fully saturated rings. The highest BCUT2D eigenvalue weighted by atomic mass is 19.4. The molecule has 2 N–H and O–H groups in total. The zero-order valence-electron chi connectivity index (χ0n) is 10.8. The summed E-state index contributed by atoms with van der Waals surface area (Å²) in [4.78, 5) is 0. The normalized spacial score (nSPS) is 11.9. The molecular formula is C13H18F3NO. The largest absolute Gasteiger partial charge is 0.493 e. The maximum Gasteiger partial charge on any atom is 0.392 e. The first kappa shape index (κ1) is 14.7. The van der Waals surface area contributed by atoms with Crippen molar-refractivity contribution in [3.63, 3.8) is 0 Å². The molecule has 0 radical (unpaired) electrons. The van der Waals surface area contributed by atoms with Crippen LogP contribution in [0.2, 0.25) is 0 Å². The van der Waals surface area contributed by atoms with Crippen LogP contribution in [0.1, 0.15) is 37.3 Å². The van der Waals surface area contributed by atoms with Crippen molar-refractivity contribution in [2.24, 2.45) is 0 Å². The summed E-state index contributed by atoms with van der Waals surface area (Å²) in [6, 6.07) is 3.46. The average Bonchev–Trinajstić information content (AvgIpc) is 2.20. The number of hydrogen-bond donors (Lipinski definition) is 1. The molecule has 5 heteroatoms. The third kappa shape index (κ3) is 4.13. The second-order valence-corrected chi connectivity index (χ2v) is 4.61. The predicted molar refractivity (Wildman–Crippen MR) is 65.8 cm³/mol. The standard InChI is InChI=1S/C13H18F3NO/c1-8(2)10-7-11(17)9(3)6-12(10)18-5-4-13(14,15)16/h6-8H,4-5,17H2,1-3H3. The molecular weight excluding hydrogens is 243 g/mol. The molecule has 0 aliphatic heterocycles. The Hall–Kier alpha value is -1.39. The van der Waals surface area contributed by atoms with Crippen molar-refractivity contribution in [3.8, 4) is 5.75 Å². The van der Waals surface area contributed by atoms with Gasteiger partial charge in [0.1, 0.15) is 5.75 Å². The molecule has 0 amide bonds. The summed E-state index contributed by atoms with van der Waals surface area (Å²) >= 11 is 0. The van der Waals surface area contributed by atoms with E-state index in [2.05, 4.69) is 0 Å². The third-order valence-corrected chi connectivity index (χ3v) is 2.66. The Bertz CT molecular complexity index is 413. The topological polar surface area (TPSA) is 35.2 Å². The van der Waals surface area contributed by atoms with Gasteiger partial charge in [0.05, 0.1) is 13.0 Å². The fourth-order valence-electron chi connectivity index (χ4n) is 1.57. The lowest BCUT2D eigenvalue weighted by molar-refractivity contribution is -0.139. The van der Waals surface area contributed by atoms with E-state index in [1.807, 2.05) is 13.8 Å². The van der Waals surface area contributed by atoms with Crippen molar-refractivity contribution in [1.29, 1.82) is 0 Å². The second-order valence-electron chi connectivity index (χ2n) is 4.61. The summed E-state index contributed by atoms with van der Waals surface area (Å²) in [6.07, 6.45) is -5.14. The van der Waals surface area contributed by atoms with Crippen LogP contribution in [0, 0.1) is 6.92 Å². The SMILES string of the molecule is Cc1cc(OCCC(F)(F)F)c(C(C)C)cc1N. The van der Waals surface area contributed by atoms with E-state index in [9.17, 15) is 13.2 Å². The Morgan fingerprint density at radius 3 is 2.39 bits per heavy atom. The molecule has 0 atom stereocenters. The first-order valence-electron chi connectivity index (χ1n) is 5.80. The van der Waals surface area contributed by atoms with Crippen LogP contribution in [-0.2, 0) is 0 Å². The van der Waals surface area contributed by atoms with Crippen LogP contribution in [0.3, 0.4) is 0 Å². The van der Waals surface area contributed by atoms with E-state index in [-0.39, 0.29) is 12.5 Å². The molecule has 2 nitrogen and oxygen atoms in total. The summed E-state index contributed by atoms with van der Waals surface area (Å²) in [5.41, 5.74) is 8.06. The molecule has 0 saturated carbocycles. The number of hydrogen-bond acceptors (Lipinski definition) is 2. The van der Waals surface area contributed by atoms with Gasteiger partial charge in [-0.1, -0.05) is 13.8 Å². The summed E-state index contributed by atoms with van der Waals surface area (Å²) in [5, 5.41) is 0. The lowest BCUT2D eigenvalue weighted by Gasteiger charge is -2.16. The fraction of sp³-hybridized carbons (Fsp3) is 0.538. The zero-order valence-corrected chi connectivity index (χ0v) is 10.8. The number of halogens is 3. The highest BCUT2D eigenvalue weighted by molar-refractivity contribution is 5.55. The van der Waals surface area contributed by atoms with Gasteiger partial charge in [-0.05, 0) is 36.1 Å². The first-order valence-corrected chi connectivity index (χ1v) is 5.80. The number of ether oxygens (including phenoxy) is 1. The Morgan fingerprint density at radius 2 is 1.89 bits per heavy atom. The first-order chi connectivity index (χ1) is 8.20. The van der Waals surface area contributed by atoms with Gasteiger partial charge in [-0.2, -0.15) is 13.2 Å². The molecule has 0 bridgehead atoms. The zero-order chi connectivity index (χ0) is 13.9. The number of alkyl halides is 3. The Kier molecular flexibility index (Phi) is 4.48. The van der Waals surface area contributed by atoms with Crippen LogP contribution in [-0.4, -0.2) is 12.8 Å². The van der Waals surface area contributed by atoms with Gasteiger partial charge in [-0.25, -0.2) is 0 Å². The second kappa shape index (κ2) is 5.50. The van der Waals surface area contributed by atoms with E-state index < -0.39 is 12.6 Å². The molecule has 0 unspecified atom stereocenters. The van der Waals surface area contributed by atoms with Gasteiger partial charge in [0.15, 0.2) is 0 Å². The maximum atomic E-state index is 12.1. The number of anilines is 1. The van der Waals surface area contributed by atoms with Crippen molar-refractivity contribution < 1.29 is 17.9 Å². The van der Waals surface area contributed by atoms with Crippen LogP contribution >= 0.6 is 0 Å². The molecule has 18 heavy (non-hydrogen) atoms. The van der Waals surface area contributed by atoms with Gasteiger partial charge >= 0.3 is 6.18 Å². The van der Waals surface area contributed by atoms with E-state index >= 15 is 0 Å². The van der Waals surface area contributed by atoms with E-state index in [0.717, 1.165) is 11.1 Å². The van der Waals surface area contributed by atoms with Gasteiger partial charge in [0.2, 0.25) is 0 Å². The third-order valence-electron chi connectivity index (χ3n) is 2.66. The van der Waals surface area contributed by atoms with Gasteiger partial charge in [-0.15, -0.1) is 0 Å². The quantitative estimate of drug-likeness (QED) is 0.830. The lowest BCUT2D eigenvalue weighted by Crippen LogP contribution is -2.14. The van der Waals surface area contributed by atoms with E-state index in [4.69, 9.17) is 10.5 Å². The minimum absolute atomic E-state index is 0.147. The van der Waals surface area contributed by atoms with Crippen LogP contribution in [0.4, 0.5) is 18.9 Å². The van der Waals surface area contributed by atoms with Crippen molar-refractivity contribution in [1.82, 2.24) is 0 Å². The summed E-state index contributed by atoms with van der Waals surface area (Å²) < 4.78 is 41.4. The molecule has 1 aromatic rings. The van der Waals surface area contributed by atoms with Gasteiger partial charge < -0.3 is 10.5 Å². The Morgan fingerprint density at radius 1 is 1.28 bits per heavy atom. The fourth-order valence-corrected chi connectivity index (χ4v) is 1.57. The highest BCUT2D eigenvalue weighted by Gasteiger charge is 2.27. The molecule has 0 heterocycles. The lowest BCUT2D eigenvalue weighted by atomic mass is 9.99. The molecule has 1 aromatic carbocycles. The molecule has 0 spiro atoms. The number of rotatable bonds is 4. The number of nitrogens with two attached hydrogens (primary N) is 1. The monoisotopic (exact) mass is 261 g/mol. The van der Waals surface area contributed by atoms with Crippen molar-refractivity contribution in [2.75, 3.05) is 12.3 Å². The smallest absolute Gasteiger partial charge is 0.392 e. The van der Waals surface area contributed by atoms with Crippen LogP contribution < -0.4 is 10.5 Å². The number of nitrogen functional groups attached to an aromatic ring is 1. The molecule has 1 rings (SSSR count). The maximum absolute atomic E-state index is 12.1. The minimum Gasteiger partial charge on any atom is -0.493 e. The summed E-state index contributed by atoms with van der Waals surface area (Å²) in [6.45, 7) is 5.32. The minimum atomic E-state index is -4.19. The predicted octanol–water partition coefficient (Wildman–Crippen LogP) is 4.03. The summed E-state index contributed by atoms with van der Waals surface area (Å²) in [7, 11) is 0. The van der Waals surface area contributed by atoms with Crippen molar-refractivity contribution in [3.05, 3.63) is 23.3 Å². The molecule has 0 aromatic heterocycles. The molecule has 102 valence electrons. The van der Waals surface area contributed by atoms with Crippen LogP contribution in [0.15, 0.2) is 12.1 Å². The molecule has 0 aliphatic carbocycles. The van der Waals surface area contributed by atoms with E-state index in [1.165, 1.54) is 0 Å². The van der Waals surface area contributed by atoms with Crippen LogP contribution in [0.5, 0.6) is 5.75 Å².